The molecule has 33 heavy (non-hydrogen) atoms. The van der Waals surface area contributed by atoms with Crippen molar-refractivity contribution in [1.82, 2.24) is 10.2 Å². The first-order chi connectivity index (χ1) is 15.9. The van der Waals surface area contributed by atoms with Crippen LogP contribution < -0.4 is 25.4 Å². The number of imide groups is 1. The van der Waals surface area contributed by atoms with Gasteiger partial charge >= 0.3 is 6.03 Å². The zero-order valence-electron chi connectivity index (χ0n) is 18.1. The molecule has 1 saturated heterocycles. The average Bonchev–Trinajstić information content (AvgIpc) is 3.14. The molecule has 10 heteroatoms. The molecule has 1 aliphatic rings. The van der Waals surface area contributed by atoms with Crippen molar-refractivity contribution in [1.29, 1.82) is 0 Å². The van der Waals surface area contributed by atoms with Crippen LogP contribution in [0, 0.1) is 0 Å². The number of amides is 5. The molecule has 1 fully saturated rings. The largest absolute Gasteiger partial charge is 0.493 e. The lowest BCUT2D eigenvalue weighted by atomic mass is 10.1. The number of hydrogen-bond donors (Lipinski definition) is 3. The molecule has 1 aliphatic heterocycles. The first-order valence-electron chi connectivity index (χ1n) is 10.1. The van der Waals surface area contributed by atoms with Crippen LogP contribution in [0.2, 0.25) is 0 Å². The van der Waals surface area contributed by atoms with E-state index in [4.69, 9.17) is 9.47 Å². The Bertz CT molecular complexity index is 1050. The van der Waals surface area contributed by atoms with E-state index < -0.39 is 6.03 Å². The fraction of sp³-hybridized carbons (Fsp3) is 0.217. The fourth-order valence-corrected chi connectivity index (χ4v) is 3.04. The van der Waals surface area contributed by atoms with Crippen molar-refractivity contribution in [3.8, 4) is 11.5 Å². The maximum Gasteiger partial charge on any atom is 0.324 e. The van der Waals surface area contributed by atoms with Gasteiger partial charge in [0, 0.05) is 29.9 Å². The normalized spacial score (nSPS) is 12.7. The van der Waals surface area contributed by atoms with E-state index in [1.165, 1.54) is 7.11 Å². The maximum absolute atomic E-state index is 12.6. The average molecular weight is 452 g/mol. The molecule has 172 valence electrons. The van der Waals surface area contributed by atoms with Crippen LogP contribution in [0.3, 0.4) is 0 Å². The third-order valence-electron chi connectivity index (χ3n) is 4.71. The molecule has 0 aromatic heterocycles. The number of urea groups is 1. The van der Waals surface area contributed by atoms with Crippen LogP contribution in [0.15, 0.2) is 55.1 Å². The number of carbonyl (C=O) groups excluding carboxylic acids is 4. The summed E-state index contributed by atoms with van der Waals surface area (Å²) < 4.78 is 10.8. The first-order valence-corrected chi connectivity index (χ1v) is 10.1. The molecular formula is C23H24N4O6. The summed E-state index contributed by atoms with van der Waals surface area (Å²) in [6, 6.07) is 10.9. The maximum atomic E-state index is 12.6. The molecule has 5 amide bonds. The summed E-state index contributed by atoms with van der Waals surface area (Å²) in [5.74, 6) is -0.108. The van der Waals surface area contributed by atoms with Gasteiger partial charge in [0.15, 0.2) is 11.5 Å². The van der Waals surface area contributed by atoms with Gasteiger partial charge in [-0.3, -0.25) is 19.3 Å². The number of hydrogen-bond acceptors (Lipinski definition) is 6. The van der Waals surface area contributed by atoms with Gasteiger partial charge in [0.05, 0.1) is 13.7 Å². The van der Waals surface area contributed by atoms with E-state index in [-0.39, 0.29) is 37.2 Å². The highest BCUT2D eigenvalue weighted by Gasteiger charge is 2.28. The third-order valence-corrected chi connectivity index (χ3v) is 4.71. The molecular weight excluding hydrogens is 428 g/mol. The van der Waals surface area contributed by atoms with Crippen molar-refractivity contribution in [3.05, 3.63) is 60.7 Å². The van der Waals surface area contributed by atoms with E-state index in [0.29, 0.717) is 35.0 Å². The van der Waals surface area contributed by atoms with Crippen molar-refractivity contribution < 1.29 is 28.7 Å². The highest BCUT2D eigenvalue weighted by Crippen LogP contribution is 2.28. The van der Waals surface area contributed by atoms with Crippen molar-refractivity contribution in [3.63, 3.8) is 0 Å². The molecule has 0 atom stereocenters. The lowest BCUT2D eigenvalue weighted by Crippen LogP contribution is -2.33. The van der Waals surface area contributed by atoms with Crippen molar-refractivity contribution in [2.45, 2.75) is 6.42 Å². The molecule has 0 spiro atoms. The van der Waals surface area contributed by atoms with Crippen LogP contribution in [0.4, 0.5) is 16.2 Å². The van der Waals surface area contributed by atoms with E-state index in [1.54, 1.807) is 48.5 Å². The highest BCUT2D eigenvalue weighted by molar-refractivity contribution is 6.05. The summed E-state index contributed by atoms with van der Waals surface area (Å²) in [5, 5.41) is 7.86. The molecule has 0 saturated carbocycles. The fourth-order valence-electron chi connectivity index (χ4n) is 3.04. The number of ether oxygens (including phenoxy) is 2. The molecule has 2 aromatic rings. The zero-order chi connectivity index (χ0) is 23.8. The molecule has 2 aromatic carbocycles. The Morgan fingerprint density at radius 1 is 1.09 bits per heavy atom. The zero-order valence-corrected chi connectivity index (χ0v) is 18.1. The first kappa shape index (κ1) is 23.3. The Labute approximate surface area is 190 Å². The SMILES string of the molecule is C=CCOc1ccc(C(=O)Nc2ccc(NC(=O)CCN3C(=O)CNC3=O)cc2)cc1OC. The lowest BCUT2D eigenvalue weighted by Gasteiger charge is -2.13. The van der Waals surface area contributed by atoms with Gasteiger partial charge in [0.1, 0.15) is 6.61 Å². The minimum atomic E-state index is -0.496. The van der Waals surface area contributed by atoms with E-state index in [1.807, 2.05) is 0 Å². The predicted molar refractivity (Wildman–Crippen MR) is 121 cm³/mol. The second kappa shape index (κ2) is 10.8. The molecule has 0 radical (unpaired) electrons. The Morgan fingerprint density at radius 3 is 2.39 bits per heavy atom. The van der Waals surface area contributed by atoms with Gasteiger partial charge in [0.2, 0.25) is 11.8 Å². The van der Waals surface area contributed by atoms with E-state index in [9.17, 15) is 19.2 Å². The van der Waals surface area contributed by atoms with Gasteiger partial charge in [-0.25, -0.2) is 4.79 Å². The molecule has 0 bridgehead atoms. The topological polar surface area (TPSA) is 126 Å². The number of benzene rings is 2. The summed E-state index contributed by atoms with van der Waals surface area (Å²) in [6.07, 6.45) is 1.59. The third kappa shape index (κ3) is 6.10. The van der Waals surface area contributed by atoms with E-state index in [0.717, 1.165) is 4.90 Å². The molecule has 0 aliphatic carbocycles. The number of rotatable bonds is 10. The molecule has 0 unspecified atom stereocenters. The number of nitrogens with zero attached hydrogens (tertiary/aromatic N) is 1. The summed E-state index contributed by atoms with van der Waals surface area (Å²) in [6.45, 7) is 3.87. The van der Waals surface area contributed by atoms with Crippen molar-refractivity contribution in [2.24, 2.45) is 0 Å². The van der Waals surface area contributed by atoms with Gasteiger partial charge in [0.25, 0.3) is 5.91 Å². The minimum absolute atomic E-state index is 0.00548. The van der Waals surface area contributed by atoms with Crippen LogP contribution in [0.5, 0.6) is 11.5 Å². The van der Waals surface area contributed by atoms with Crippen LogP contribution >= 0.6 is 0 Å². The van der Waals surface area contributed by atoms with Crippen LogP contribution in [-0.2, 0) is 9.59 Å². The summed E-state index contributed by atoms with van der Waals surface area (Å²) in [7, 11) is 1.49. The Balaban J connectivity index is 1.54. The van der Waals surface area contributed by atoms with Crippen molar-refractivity contribution in [2.75, 3.05) is 37.4 Å². The van der Waals surface area contributed by atoms with Gasteiger partial charge in [-0.2, -0.15) is 0 Å². The van der Waals surface area contributed by atoms with E-state index >= 15 is 0 Å². The van der Waals surface area contributed by atoms with E-state index in [2.05, 4.69) is 22.5 Å². The van der Waals surface area contributed by atoms with Crippen LogP contribution in [-0.4, -0.2) is 55.5 Å². The lowest BCUT2D eigenvalue weighted by molar-refractivity contribution is -0.125. The number of carbonyl (C=O) groups is 4. The molecule has 10 nitrogen and oxygen atoms in total. The monoisotopic (exact) mass is 452 g/mol. The standard InChI is InChI=1S/C23H24N4O6/c1-3-12-33-18-9-4-15(13-19(18)32-2)22(30)26-17-7-5-16(6-8-17)25-20(28)10-11-27-21(29)14-24-23(27)31/h3-9,13H,1,10-12,14H2,2H3,(H,24,31)(H,25,28)(H,26,30). The van der Waals surface area contributed by atoms with Gasteiger partial charge in [-0.05, 0) is 42.5 Å². The molecule has 1 heterocycles. The Morgan fingerprint density at radius 2 is 1.79 bits per heavy atom. The Hall–Kier alpha value is -4.34. The van der Waals surface area contributed by atoms with Crippen molar-refractivity contribution >= 4 is 35.1 Å². The smallest absolute Gasteiger partial charge is 0.324 e. The van der Waals surface area contributed by atoms with Crippen LogP contribution in [0.25, 0.3) is 0 Å². The number of nitrogens with one attached hydrogen (secondary N) is 3. The Kier molecular flexibility index (Phi) is 7.64. The molecule has 3 N–H and O–H groups in total. The second-order valence-electron chi connectivity index (χ2n) is 7.00. The number of anilines is 2. The predicted octanol–water partition coefficient (Wildman–Crippen LogP) is 2.39. The highest BCUT2D eigenvalue weighted by atomic mass is 16.5. The summed E-state index contributed by atoms with van der Waals surface area (Å²) in [5.41, 5.74) is 1.43. The van der Waals surface area contributed by atoms with Gasteiger partial charge in [-0.1, -0.05) is 12.7 Å². The minimum Gasteiger partial charge on any atom is -0.493 e. The molecule has 3 rings (SSSR count). The quantitative estimate of drug-likeness (QED) is 0.375. The summed E-state index contributed by atoms with van der Waals surface area (Å²) >= 11 is 0. The van der Waals surface area contributed by atoms with Gasteiger partial charge in [-0.15, -0.1) is 0 Å². The second-order valence-corrected chi connectivity index (χ2v) is 7.00. The summed E-state index contributed by atoms with van der Waals surface area (Å²) in [4.78, 5) is 48.7. The number of methoxy groups -OCH3 is 1. The van der Waals surface area contributed by atoms with Crippen LogP contribution in [0.1, 0.15) is 16.8 Å². The van der Waals surface area contributed by atoms with Gasteiger partial charge < -0.3 is 25.4 Å².